The molecule has 0 unspecified atom stereocenters. The number of carboxylic acid groups (broad SMARTS) is 1. The van der Waals surface area contributed by atoms with Crippen LogP contribution in [0, 0.1) is 0 Å². The largest absolute Gasteiger partial charge is 0.481 e. The van der Waals surface area contributed by atoms with E-state index in [9.17, 15) is 18.0 Å². The van der Waals surface area contributed by atoms with E-state index in [-0.39, 0.29) is 17.3 Å². The van der Waals surface area contributed by atoms with Crippen molar-refractivity contribution < 1.29 is 23.1 Å². The SMILES string of the molecule is O=C(O)CCCSc1nc(-c2ccccc2)cc(C(F)(F)F)n1. The first-order chi connectivity index (χ1) is 10.9. The van der Waals surface area contributed by atoms with E-state index >= 15 is 0 Å². The highest BCUT2D eigenvalue weighted by molar-refractivity contribution is 7.99. The first kappa shape index (κ1) is 17.3. The topological polar surface area (TPSA) is 63.1 Å². The summed E-state index contributed by atoms with van der Waals surface area (Å²) in [5.41, 5.74) is -0.256. The molecule has 4 nitrogen and oxygen atoms in total. The highest BCUT2D eigenvalue weighted by atomic mass is 32.2. The molecule has 1 aromatic carbocycles. The van der Waals surface area contributed by atoms with Gasteiger partial charge in [0.2, 0.25) is 0 Å². The number of halogens is 3. The second-order valence-electron chi connectivity index (χ2n) is 4.63. The molecule has 0 aliphatic carbocycles. The summed E-state index contributed by atoms with van der Waals surface area (Å²) in [7, 11) is 0. The minimum absolute atomic E-state index is 0.0101. The molecule has 2 rings (SSSR count). The van der Waals surface area contributed by atoms with Gasteiger partial charge in [-0.2, -0.15) is 13.2 Å². The van der Waals surface area contributed by atoms with Gasteiger partial charge >= 0.3 is 12.1 Å². The number of hydrogen-bond donors (Lipinski definition) is 1. The molecule has 0 spiro atoms. The van der Waals surface area contributed by atoms with Crippen molar-refractivity contribution in [3.63, 3.8) is 0 Å². The monoisotopic (exact) mass is 342 g/mol. The molecule has 0 saturated heterocycles. The van der Waals surface area contributed by atoms with E-state index in [1.165, 1.54) is 0 Å². The first-order valence-electron chi connectivity index (χ1n) is 6.72. The molecule has 122 valence electrons. The number of alkyl halides is 3. The molecular formula is C15H13F3N2O2S. The second-order valence-corrected chi connectivity index (χ2v) is 5.69. The first-order valence-corrected chi connectivity index (χ1v) is 7.71. The number of aromatic nitrogens is 2. The summed E-state index contributed by atoms with van der Waals surface area (Å²) in [5.74, 6) is -0.609. The van der Waals surface area contributed by atoms with E-state index in [0.717, 1.165) is 17.8 Å². The average molecular weight is 342 g/mol. The second kappa shape index (κ2) is 7.45. The average Bonchev–Trinajstić information content (AvgIpc) is 2.51. The third kappa shape index (κ3) is 5.24. The molecule has 1 aromatic heterocycles. The number of hydrogen-bond acceptors (Lipinski definition) is 4. The maximum absolute atomic E-state index is 13.0. The Morgan fingerprint density at radius 1 is 1.17 bits per heavy atom. The van der Waals surface area contributed by atoms with Gasteiger partial charge in [-0.15, -0.1) is 0 Å². The zero-order chi connectivity index (χ0) is 16.9. The van der Waals surface area contributed by atoms with Crippen molar-refractivity contribution in [1.82, 2.24) is 9.97 Å². The van der Waals surface area contributed by atoms with Crippen molar-refractivity contribution in [2.24, 2.45) is 0 Å². The fraction of sp³-hybridized carbons (Fsp3) is 0.267. The van der Waals surface area contributed by atoms with E-state index in [2.05, 4.69) is 9.97 Å². The van der Waals surface area contributed by atoms with Crippen LogP contribution in [0.1, 0.15) is 18.5 Å². The lowest BCUT2D eigenvalue weighted by Gasteiger charge is -2.10. The smallest absolute Gasteiger partial charge is 0.433 e. The van der Waals surface area contributed by atoms with E-state index in [1.54, 1.807) is 30.3 Å². The number of nitrogens with zero attached hydrogens (tertiary/aromatic N) is 2. The zero-order valence-corrected chi connectivity index (χ0v) is 12.7. The van der Waals surface area contributed by atoms with Crippen LogP contribution < -0.4 is 0 Å². The third-order valence-corrected chi connectivity index (χ3v) is 3.77. The van der Waals surface area contributed by atoms with Crippen molar-refractivity contribution in [3.8, 4) is 11.3 Å². The number of thioether (sulfide) groups is 1. The van der Waals surface area contributed by atoms with Crippen LogP contribution in [0.2, 0.25) is 0 Å². The van der Waals surface area contributed by atoms with Gasteiger partial charge in [0.1, 0.15) is 5.69 Å². The van der Waals surface area contributed by atoms with E-state index in [4.69, 9.17) is 5.11 Å². The van der Waals surface area contributed by atoms with Crippen LogP contribution in [0.3, 0.4) is 0 Å². The number of carboxylic acids is 1. The fourth-order valence-corrected chi connectivity index (χ4v) is 2.58. The Morgan fingerprint density at radius 3 is 2.48 bits per heavy atom. The molecule has 2 aromatic rings. The summed E-state index contributed by atoms with van der Waals surface area (Å²) < 4.78 is 38.9. The van der Waals surface area contributed by atoms with E-state index in [0.29, 0.717) is 17.7 Å². The Morgan fingerprint density at radius 2 is 1.87 bits per heavy atom. The normalized spacial score (nSPS) is 11.4. The molecular weight excluding hydrogens is 329 g/mol. The van der Waals surface area contributed by atoms with E-state index < -0.39 is 17.8 Å². The van der Waals surface area contributed by atoms with Crippen LogP contribution in [0.15, 0.2) is 41.6 Å². The molecule has 1 N–H and O–H groups in total. The van der Waals surface area contributed by atoms with Crippen molar-refractivity contribution >= 4 is 17.7 Å². The molecule has 0 aliphatic rings. The maximum Gasteiger partial charge on any atom is 0.433 e. The van der Waals surface area contributed by atoms with Crippen LogP contribution in [0.25, 0.3) is 11.3 Å². The van der Waals surface area contributed by atoms with Gasteiger partial charge in [0, 0.05) is 17.7 Å². The molecule has 0 radical (unpaired) electrons. The Hall–Kier alpha value is -2.09. The summed E-state index contributed by atoms with van der Waals surface area (Å²) >= 11 is 1.02. The third-order valence-electron chi connectivity index (χ3n) is 2.83. The minimum Gasteiger partial charge on any atom is -0.481 e. The molecule has 0 amide bonds. The van der Waals surface area contributed by atoms with Gasteiger partial charge in [-0.1, -0.05) is 42.1 Å². The lowest BCUT2D eigenvalue weighted by atomic mass is 10.1. The molecule has 0 atom stereocenters. The van der Waals surface area contributed by atoms with Crippen LogP contribution in [-0.4, -0.2) is 26.8 Å². The van der Waals surface area contributed by atoms with Crippen LogP contribution in [-0.2, 0) is 11.0 Å². The Bertz CT molecular complexity index is 678. The quantitative estimate of drug-likeness (QED) is 0.486. The molecule has 23 heavy (non-hydrogen) atoms. The van der Waals surface area contributed by atoms with Gasteiger partial charge in [-0.3, -0.25) is 4.79 Å². The molecule has 0 aliphatic heterocycles. The van der Waals surface area contributed by atoms with Crippen LogP contribution in [0.4, 0.5) is 13.2 Å². The molecule has 0 saturated carbocycles. The number of benzene rings is 1. The van der Waals surface area contributed by atoms with Crippen molar-refractivity contribution in [3.05, 3.63) is 42.1 Å². The Labute approximate surface area is 134 Å². The van der Waals surface area contributed by atoms with E-state index in [1.807, 2.05) is 0 Å². The molecule has 0 fully saturated rings. The maximum atomic E-state index is 13.0. The highest BCUT2D eigenvalue weighted by Gasteiger charge is 2.33. The number of rotatable bonds is 6. The van der Waals surface area contributed by atoms with Gasteiger partial charge in [0.15, 0.2) is 5.16 Å². The van der Waals surface area contributed by atoms with Gasteiger partial charge in [0.25, 0.3) is 0 Å². The van der Waals surface area contributed by atoms with Crippen LogP contribution in [0.5, 0.6) is 0 Å². The highest BCUT2D eigenvalue weighted by Crippen LogP contribution is 2.32. The van der Waals surface area contributed by atoms with Gasteiger partial charge in [-0.25, -0.2) is 9.97 Å². The summed E-state index contributed by atoms with van der Waals surface area (Å²) in [6, 6.07) is 9.44. The Kier molecular flexibility index (Phi) is 5.59. The minimum atomic E-state index is -4.57. The van der Waals surface area contributed by atoms with Crippen molar-refractivity contribution in [2.75, 3.05) is 5.75 Å². The summed E-state index contributed by atoms with van der Waals surface area (Å²) in [5, 5.41) is 8.55. The molecule has 0 bridgehead atoms. The lowest BCUT2D eigenvalue weighted by Crippen LogP contribution is -2.10. The van der Waals surface area contributed by atoms with Gasteiger partial charge < -0.3 is 5.11 Å². The predicted octanol–water partition coefficient (Wildman–Crippen LogP) is 4.12. The van der Waals surface area contributed by atoms with Crippen molar-refractivity contribution in [2.45, 2.75) is 24.2 Å². The summed E-state index contributed by atoms with van der Waals surface area (Å²) in [6.45, 7) is 0. The lowest BCUT2D eigenvalue weighted by molar-refractivity contribution is -0.141. The predicted molar refractivity (Wildman–Crippen MR) is 80.1 cm³/mol. The number of carbonyl (C=O) groups is 1. The Balaban J connectivity index is 2.25. The fourth-order valence-electron chi connectivity index (χ4n) is 1.78. The summed E-state index contributed by atoms with van der Waals surface area (Å²) in [4.78, 5) is 18.1. The van der Waals surface area contributed by atoms with Crippen molar-refractivity contribution in [1.29, 1.82) is 0 Å². The summed E-state index contributed by atoms with van der Waals surface area (Å²) in [6.07, 6.45) is -4.28. The molecule has 8 heteroatoms. The van der Waals surface area contributed by atoms with Gasteiger partial charge in [0.05, 0.1) is 5.69 Å². The zero-order valence-electron chi connectivity index (χ0n) is 11.9. The van der Waals surface area contributed by atoms with Gasteiger partial charge in [-0.05, 0) is 12.5 Å². The molecule has 1 heterocycles. The van der Waals surface area contributed by atoms with Crippen LogP contribution >= 0.6 is 11.8 Å². The number of aliphatic carboxylic acids is 1. The standard InChI is InChI=1S/C15H13F3N2O2S/c16-15(17,18)12-9-11(10-5-2-1-3-6-10)19-14(20-12)23-8-4-7-13(21)22/h1-3,5-6,9H,4,7-8H2,(H,21,22).